The molecule has 154 valence electrons. The van der Waals surface area contributed by atoms with Crippen LogP contribution in [0.5, 0.6) is 5.75 Å². The zero-order valence-electron chi connectivity index (χ0n) is 17.3. The fourth-order valence-electron chi connectivity index (χ4n) is 3.10. The summed E-state index contributed by atoms with van der Waals surface area (Å²) in [5, 5.41) is 3.36. The summed E-state index contributed by atoms with van der Waals surface area (Å²) in [7, 11) is 0. The van der Waals surface area contributed by atoms with Crippen molar-refractivity contribution >= 4 is 32.6 Å². The first-order valence-corrected chi connectivity index (χ1v) is 10.8. The number of carbonyl (C=O) groups is 1. The van der Waals surface area contributed by atoms with Crippen LogP contribution in [0, 0.1) is 6.92 Å². The highest BCUT2D eigenvalue weighted by Gasteiger charge is 2.14. The molecular formula is C24H24N2O3S. The molecule has 0 saturated heterocycles. The van der Waals surface area contributed by atoms with Crippen molar-refractivity contribution in [1.29, 1.82) is 0 Å². The summed E-state index contributed by atoms with van der Waals surface area (Å²) < 4.78 is 12.5. The van der Waals surface area contributed by atoms with Crippen LogP contribution in [0.25, 0.3) is 10.2 Å². The number of nitrogens with zero attached hydrogens (tertiary/aromatic N) is 1. The summed E-state index contributed by atoms with van der Waals surface area (Å²) in [5.41, 5.74) is 3.33. The zero-order chi connectivity index (χ0) is 21.1. The molecule has 1 atom stereocenters. The van der Waals surface area contributed by atoms with Gasteiger partial charge in [0.1, 0.15) is 18.1 Å². The van der Waals surface area contributed by atoms with Crippen molar-refractivity contribution in [3.05, 3.63) is 77.2 Å². The van der Waals surface area contributed by atoms with Crippen molar-refractivity contribution in [2.45, 2.75) is 39.7 Å². The Kier molecular flexibility index (Phi) is 5.86. The Morgan fingerprint density at radius 1 is 1.17 bits per heavy atom. The molecule has 0 fully saturated rings. The zero-order valence-corrected chi connectivity index (χ0v) is 18.1. The van der Waals surface area contributed by atoms with Crippen molar-refractivity contribution in [2.75, 3.05) is 5.32 Å². The molecule has 0 bridgehead atoms. The van der Waals surface area contributed by atoms with E-state index in [9.17, 15) is 4.79 Å². The van der Waals surface area contributed by atoms with Crippen LogP contribution in [0.15, 0.2) is 59.0 Å². The lowest BCUT2D eigenvalue weighted by Crippen LogP contribution is -2.10. The van der Waals surface area contributed by atoms with Gasteiger partial charge in [0.15, 0.2) is 10.9 Å². The van der Waals surface area contributed by atoms with E-state index in [1.54, 1.807) is 12.1 Å². The molecule has 4 rings (SSSR count). The molecule has 4 aromatic rings. The number of furan rings is 1. The van der Waals surface area contributed by atoms with Crippen molar-refractivity contribution in [3.8, 4) is 5.75 Å². The van der Waals surface area contributed by atoms with Gasteiger partial charge in [0.05, 0.1) is 10.2 Å². The van der Waals surface area contributed by atoms with Crippen molar-refractivity contribution in [3.63, 3.8) is 0 Å². The molecular weight excluding hydrogens is 396 g/mol. The Balaban J connectivity index is 1.36. The SMILES string of the molecule is CCC(C)c1ccc(OCc2ccc(C(=O)Nc3nc4ccc(C)cc4s3)o2)cc1. The maximum Gasteiger partial charge on any atom is 0.293 e. The number of rotatable bonds is 7. The van der Waals surface area contributed by atoms with Crippen LogP contribution in [0.4, 0.5) is 5.13 Å². The van der Waals surface area contributed by atoms with Crippen LogP contribution in [-0.2, 0) is 6.61 Å². The lowest BCUT2D eigenvalue weighted by atomic mass is 9.99. The highest BCUT2D eigenvalue weighted by molar-refractivity contribution is 7.22. The predicted molar refractivity (Wildman–Crippen MR) is 120 cm³/mol. The molecule has 2 aromatic heterocycles. The van der Waals surface area contributed by atoms with Gasteiger partial charge in [-0.1, -0.05) is 43.4 Å². The fourth-order valence-corrected chi connectivity index (χ4v) is 4.06. The van der Waals surface area contributed by atoms with Gasteiger partial charge in [0, 0.05) is 0 Å². The van der Waals surface area contributed by atoms with E-state index in [-0.39, 0.29) is 18.3 Å². The van der Waals surface area contributed by atoms with Gasteiger partial charge in [-0.2, -0.15) is 0 Å². The average molecular weight is 421 g/mol. The van der Waals surface area contributed by atoms with Gasteiger partial charge < -0.3 is 9.15 Å². The molecule has 30 heavy (non-hydrogen) atoms. The van der Waals surface area contributed by atoms with Crippen molar-refractivity contribution < 1.29 is 13.9 Å². The molecule has 0 saturated carbocycles. The predicted octanol–water partition coefficient (Wildman–Crippen LogP) is 6.54. The maximum atomic E-state index is 12.5. The van der Waals surface area contributed by atoms with Crippen LogP contribution in [0.1, 0.15) is 53.6 Å². The largest absolute Gasteiger partial charge is 0.486 e. The van der Waals surface area contributed by atoms with Crippen LogP contribution in [-0.4, -0.2) is 10.9 Å². The minimum absolute atomic E-state index is 0.233. The summed E-state index contributed by atoms with van der Waals surface area (Å²) in [6.45, 7) is 6.68. The number of benzene rings is 2. The van der Waals surface area contributed by atoms with Crippen molar-refractivity contribution in [1.82, 2.24) is 4.98 Å². The quantitative estimate of drug-likeness (QED) is 0.368. The minimum Gasteiger partial charge on any atom is -0.486 e. The van der Waals surface area contributed by atoms with E-state index in [4.69, 9.17) is 9.15 Å². The second kappa shape index (κ2) is 8.71. The standard InChI is InChI=1S/C24H24N2O3S/c1-4-16(3)17-6-8-18(9-7-17)28-14-19-10-12-21(29-19)23(27)26-24-25-20-11-5-15(2)13-22(20)30-24/h5-13,16H,4,14H2,1-3H3,(H,25,26,27). The number of amides is 1. The summed E-state index contributed by atoms with van der Waals surface area (Å²) in [6, 6.07) is 17.5. The van der Waals surface area contributed by atoms with E-state index in [2.05, 4.69) is 42.3 Å². The van der Waals surface area contributed by atoms with E-state index < -0.39 is 0 Å². The third kappa shape index (κ3) is 4.54. The van der Waals surface area contributed by atoms with Crippen LogP contribution >= 0.6 is 11.3 Å². The van der Waals surface area contributed by atoms with Gasteiger partial charge in [0.25, 0.3) is 5.91 Å². The molecule has 6 heteroatoms. The van der Waals surface area contributed by atoms with Crippen LogP contribution in [0.2, 0.25) is 0 Å². The Morgan fingerprint density at radius 2 is 1.97 bits per heavy atom. The number of hydrogen-bond acceptors (Lipinski definition) is 5. The molecule has 0 spiro atoms. The first-order chi connectivity index (χ1) is 14.5. The maximum absolute atomic E-state index is 12.5. The highest BCUT2D eigenvalue weighted by atomic mass is 32.1. The molecule has 2 aromatic carbocycles. The van der Waals surface area contributed by atoms with Crippen LogP contribution < -0.4 is 10.1 Å². The molecule has 1 unspecified atom stereocenters. The lowest BCUT2D eigenvalue weighted by molar-refractivity contribution is 0.0992. The van der Waals surface area contributed by atoms with E-state index >= 15 is 0 Å². The first-order valence-electron chi connectivity index (χ1n) is 10.0. The first kappa shape index (κ1) is 20.2. The molecule has 2 heterocycles. The molecule has 0 aliphatic heterocycles. The van der Waals surface area contributed by atoms with Gasteiger partial charge in [-0.3, -0.25) is 10.1 Å². The van der Waals surface area contributed by atoms with Gasteiger partial charge in [-0.05, 0) is 66.8 Å². The molecule has 0 radical (unpaired) electrons. The molecule has 5 nitrogen and oxygen atoms in total. The smallest absolute Gasteiger partial charge is 0.293 e. The topological polar surface area (TPSA) is 64.4 Å². The number of ether oxygens (including phenoxy) is 1. The van der Waals surface area contributed by atoms with Gasteiger partial charge >= 0.3 is 0 Å². The summed E-state index contributed by atoms with van der Waals surface area (Å²) in [4.78, 5) is 16.9. The van der Waals surface area contributed by atoms with Gasteiger partial charge in [-0.15, -0.1) is 0 Å². The number of thiazole rings is 1. The monoisotopic (exact) mass is 420 g/mol. The second-order valence-corrected chi connectivity index (χ2v) is 8.41. The average Bonchev–Trinajstić information content (AvgIpc) is 3.38. The summed E-state index contributed by atoms with van der Waals surface area (Å²) in [5.74, 6) is 1.80. The van der Waals surface area contributed by atoms with Crippen molar-refractivity contribution in [2.24, 2.45) is 0 Å². The molecule has 1 amide bonds. The Hall–Kier alpha value is -3.12. The third-order valence-electron chi connectivity index (χ3n) is 5.09. The van der Waals surface area contributed by atoms with E-state index in [0.717, 1.165) is 28.0 Å². The minimum atomic E-state index is -0.324. The number of fused-ring (bicyclic) bond motifs is 1. The number of hydrogen-bond donors (Lipinski definition) is 1. The van der Waals surface area contributed by atoms with E-state index in [1.807, 2.05) is 31.2 Å². The molecule has 0 aliphatic rings. The van der Waals surface area contributed by atoms with E-state index in [1.165, 1.54) is 16.9 Å². The van der Waals surface area contributed by atoms with E-state index in [0.29, 0.717) is 16.8 Å². The normalized spacial score (nSPS) is 12.1. The second-order valence-electron chi connectivity index (χ2n) is 7.38. The number of carbonyl (C=O) groups excluding carboxylic acids is 1. The third-order valence-corrected chi connectivity index (χ3v) is 6.03. The molecule has 1 N–H and O–H groups in total. The fraction of sp³-hybridized carbons (Fsp3) is 0.250. The Labute approximate surface area is 179 Å². The number of aryl methyl sites for hydroxylation is 1. The Bertz CT molecular complexity index is 1160. The lowest BCUT2D eigenvalue weighted by Gasteiger charge is -2.10. The number of anilines is 1. The highest BCUT2D eigenvalue weighted by Crippen LogP contribution is 2.27. The summed E-state index contributed by atoms with van der Waals surface area (Å²) >= 11 is 1.44. The number of nitrogens with one attached hydrogen (secondary N) is 1. The van der Waals surface area contributed by atoms with Gasteiger partial charge in [-0.25, -0.2) is 4.98 Å². The van der Waals surface area contributed by atoms with Crippen LogP contribution in [0.3, 0.4) is 0 Å². The number of aromatic nitrogens is 1. The van der Waals surface area contributed by atoms with Gasteiger partial charge in [0.2, 0.25) is 0 Å². The summed E-state index contributed by atoms with van der Waals surface area (Å²) in [6.07, 6.45) is 1.11. The molecule has 0 aliphatic carbocycles. The Morgan fingerprint density at radius 3 is 2.73 bits per heavy atom.